The summed E-state index contributed by atoms with van der Waals surface area (Å²) in [5.41, 5.74) is 6.58. The van der Waals surface area contributed by atoms with Crippen molar-refractivity contribution in [1.29, 1.82) is 0 Å². The maximum atomic E-state index is 12.3. The van der Waals surface area contributed by atoms with Gasteiger partial charge in [0.15, 0.2) is 0 Å². The molecule has 0 radical (unpaired) electrons. The minimum absolute atomic E-state index is 0.232. The highest BCUT2D eigenvalue weighted by molar-refractivity contribution is 6.02. The Balaban J connectivity index is 2.27. The monoisotopic (exact) mass is 292 g/mol. The number of esters is 1. The molecule has 0 spiro atoms. The summed E-state index contributed by atoms with van der Waals surface area (Å²) in [4.78, 5) is 12.3. The second-order valence-corrected chi connectivity index (χ2v) is 5.53. The number of aryl methyl sites for hydroxylation is 2. The van der Waals surface area contributed by atoms with Gasteiger partial charge in [0.1, 0.15) is 0 Å². The van der Waals surface area contributed by atoms with E-state index in [1.54, 1.807) is 0 Å². The average molecular weight is 292 g/mol. The molecule has 112 valence electrons. The van der Waals surface area contributed by atoms with Crippen LogP contribution < -0.4 is 0 Å². The van der Waals surface area contributed by atoms with E-state index in [0.29, 0.717) is 12.2 Å². The fourth-order valence-electron chi connectivity index (χ4n) is 3.12. The number of benzene rings is 2. The predicted octanol–water partition coefficient (Wildman–Crippen LogP) is 4.17. The lowest BCUT2D eigenvalue weighted by molar-refractivity contribution is -0.138. The molecule has 0 aromatic heterocycles. The normalized spacial score (nSPS) is 12.9. The van der Waals surface area contributed by atoms with Gasteiger partial charge in [-0.1, -0.05) is 48.5 Å². The van der Waals surface area contributed by atoms with Crippen molar-refractivity contribution in [3.63, 3.8) is 0 Å². The third-order valence-electron chi connectivity index (χ3n) is 4.19. The summed E-state index contributed by atoms with van der Waals surface area (Å²) < 4.78 is 5.23. The van der Waals surface area contributed by atoms with Crippen molar-refractivity contribution in [2.45, 2.75) is 26.7 Å². The van der Waals surface area contributed by atoms with E-state index >= 15 is 0 Å². The first-order valence-electron chi connectivity index (χ1n) is 7.77. The number of rotatable bonds is 2. The Hall–Kier alpha value is -2.35. The van der Waals surface area contributed by atoms with Gasteiger partial charge in [-0.2, -0.15) is 0 Å². The third-order valence-corrected chi connectivity index (χ3v) is 4.19. The van der Waals surface area contributed by atoms with Crippen LogP contribution in [0.15, 0.2) is 54.1 Å². The van der Waals surface area contributed by atoms with Gasteiger partial charge < -0.3 is 4.74 Å². The Bertz CT molecular complexity index is 691. The largest absolute Gasteiger partial charge is 0.463 e. The highest BCUT2D eigenvalue weighted by atomic mass is 16.5. The van der Waals surface area contributed by atoms with E-state index in [4.69, 9.17) is 4.74 Å². The lowest BCUT2D eigenvalue weighted by Gasteiger charge is -2.15. The molecular formula is C20H20O2. The molecule has 0 amide bonds. The van der Waals surface area contributed by atoms with Crippen molar-refractivity contribution < 1.29 is 9.53 Å². The molecule has 1 aliphatic rings. The molecule has 2 aromatic carbocycles. The molecule has 0 aliphatic heterocycles. The Kier molecular flexibility index (Phi) is 4.10. The van der Waals surface area contributed by atoms with Gasteiger partial charge in [-0.15, -0.1) is 0 Å². The zero-order valence-corrected chi connectivity index (χ0v) is 13.1. The standard InChI is InChI=1S/C20H20O2/c1-3-22-20(21)14(2)19-17-10-6-4-8-15(17)12-13-16-9-5-7-11-18(16)19/h4-11H,3,12-13H2,1-2H3. The maximum Gasteiger partial charge on any atom is 0.334 e. The smallest absolute Gasteiger partial charge is 0.334 e. The first kappa shape index (κ1) is 14.6. The molecule has 0 fully saturated rings. The number of hydrogen-bond acceptors (Lipinski definition) is 2. The van der Waals surface area contributed by atoms with Gasteiger partial charge in [-0.3, -0.25) is 0 Å². The maximum absolute atomic E-state index is 12.3. The minimum Gasteiger partial charge on any atom is -0.463 e. The Labute approximate surface area is 131 Å². The van der Waals surface area contributed by atoms with E-state index in [1.807, 2.05) is 26.0 Å². The fourth-order valence-corrected chi connectivity index (χ4v) is 3.12. The van der Waals surface area contributed by atoms with Crippen LogP contribution >= 0.6 is 0 Å². The summed E-state index contributed by atoms with van der Waals surface area (Å²) >= 11 is 0. The van der Waals surface area contributed by atoms with Gasteiger partial charge in [-0.05, 0) is 54.5 Å². The van der Waals surface area contributed by atoms with Crippen molar-refractivity contribution in [3.05, 3.63) is 76.4 Å². The minimum atomic E-state index is -0.232. The fraction of sp³-hybridized carbons (Fsp3) is 0.250. The van der Waals surface area contributed by atoms with E-state index in [9.17, 15) is 4.79 Å². The number of fused-ring (bicyclic) bond motifs is 2. The first-order valence-corrected chi connectivity index (χ1v) is 7.77. The lowest BCUT2D eigenvalue weighted by atomic mass is 9.90. The summed E-state index contributed by atoms with van der Waals surface area (Å²) in [6.07, 6.45) is 1.99. The summed E-state index contributed by atoms with van der Waals surface area (Å²) in [7, 11) is 0. The van der Waals surface area contributed by atoms with Gasteiger partial charge in [0.25, 0.3) is 0 Å². The lowest BCUT2D eigenvalue weighted by Crippen LogP contribution is -2.09. The van der Waals surface area contributed by atoms with Crippen LogP contribution in [0.2, 0.25) is 0 Å². The van der Waals surface area contributed by atoms with Crippen LogP contribution in [0.1, 0.15) is 36.1 Å². The third kappa shape index (κ3) is 2.57. The molecule has 2 heteroatoms. The molecule has 0 atom stereocenters. The molecule has 0 N–H and O–H groups in total. The Morgan fingerprint density at radius 2 is 1.45 bits per heavy atom. The van der Waals surface area contributed by atoms with Crippen LogP contribution in [-0.4, -0.2) is 12.6 Å². The van der Waals surface area contributed by atoms with Crippen molar-refractivity contribution in [2.24, 2.45) is 0 Å². The Morgan fingerprint density at radius 1 is 0.955 bits per heavy atom. The molecule has 2 aromatic rings. The molecule has 3 rings (SSSR count). The summed E-state index contributed by atoms with van der Waals surface area (Å²) in [5.74, 6) is -0.232. The van der Waals surface area contributed by atoms with Crippen LogP contribution in [0.5, 0.6) is 0 Å². The van der Waals surface area contributed by atoms with E-state index < -0.39 is 0 Å². The van der Waals surface area contributed by atoms with Crippen LogP contribution in [-0.2, 0) is 22.4 Å². The van der Waals surface area contributed by atoms with Crippen LogP contribution in [0, 0.1) is 0 Å². The van der Waals surface area contributed by atoms with Gasteiger partial charge in [0, 0.05) is 5.57 Å². The number of carbonyl (C=O) groups is 1. The topological polar surface area (TPSA) is 26.3 Å². The van der Waals surface area contributed by atoms with Gasteiger partial charge >= 0.3 is 5.97 Å². The molecule has 1 aliphatic carbocycles. The zero-order chi connectivity index (χ0) is 15.5. The molecule has 0 unspecified atom stereocenters. The van der Waals surface area contributed by atoms with Crippen molar-refractivity contribution in [1.82, 2.24) is 0 Å². The first-order chi connectivity index (χ1) is 10.7. The Morgan fingerprint density at radius 3 is 1.95 bits per heavy atom. The van der Waals surface area contributed by atoms with E-state index in [-0.39, 0.29) is 5.97 Å². The second kappa shape index (κ2) is 6.18. The highest BCUT2D eigenvalue weighted by Gasteiger charge is 2.22. The molecule has 2 nitrogen and oxygen atoms in total. The molecule has 0 saturated carbocycles. The SMILES string of the molecule is CCOC(=O)C(C)=C1c2ccccc2CCc2ccccc21. The number of carbonyl (C=O) groups excluding carboxylic acids is 1. The average Bonchev–Trinajstić information content (AvgIpc) is 2.71. The van der Waals surface area contributed by atoms with Crippen LogP contribution in [0.3, 0.4) is 0 Å². The molecule has 0 bridgehead atoms. The van der Waals surface area contributed by atoms with Crippen LogP contribution in [0.4, 0.5) is 0 Å². The van der Waals surface area contributed by atoms with Crippen LogP contribution in [0.25, 0.3) is 5.57 Å². The predicted molar refractivity (Wildman–Crippen MR) is 88.6 cm³/mol. The summed E-state index contributed by atoms with van der Waals surface area (Å²) in [6.45, 7) is 4.10. The van der Waals surface area contributed by atoms with E-state index in [0.717, 1.165) is 29.5 Å². The molecular weight excluding hydrogens is 272 g/mol. The van der Waals surface area contributed by atoms with E-state index in [1.165, 1.54) is 11.1 Å². The summed E-state index contributed by atoms with van der Waals surface area (Å²) in [5, 5.41) is 0. The van der Waals surface area contributed by atoms with Gasteiger partial charge in [0.2, 0.25) is 0 Å². The molecule has 0 heterocycles. The summed E-state index contributed by atoms with van der Waals surface area (Å²) in [6, 6.07) is 16.7. The highest BCUT2D eigenvalue weighted by Crippen LogP contribution is 2.35. The zero-order valence-electron chi connectivity index (χ0n) is 13.1. The number of ether oxygens (including phenoxy) is 1. The van der Waals surface area contributed by atoms with Gasteiger partial charge in [0.05, 0.1) is 6.61 Å². The quantitative estimate of drug-likeness (QED) is 0.613. The van der Waals surface area contributed by atoms with Crippen molar-refractivity contribution >= 4 is 11.5 Å². The second-order valence-electron chi connectivity index (χ2n) is 5.53. The van der Waals surface area contributed by atoms with Crippen molar-refractivity contribution in [3.8, 4) is 0 Å². The van der Waals surface area contributed by atoms with Gasteiger partial charge in [-0.25, -0.2) is 4.79 Å². The molecule has 0 saturated heterocycles. The molecule has 22 heavy (non-hydrogen) atoms. The number of hydrogen-bond donors (Lipinski definition) is 0. The van der Waals surface area contributed by atoms with Crippen molar-refractivity contribution in [2.75, 3.05) is 6.61 Å². The van der Waals surface area contributed by atoms with E-state index in [2.05, 4.69) is 36.4 Å².